The van der Waals surface area contributed by atoms with Crippen LogP contribution in [-0.4, -0.2) is 37.1 Å². The molecule has 138 valence electrons. The van der Waals surface area contributed by atoms with E-state index in [0.717, 1.165) is 42.0 Å². The Hall–Kier alpha value is -1.85. The zero-order valence-electron chi connectivity index (χ0n) is 15.2. The highest BCUT2D eigenvalue weighted by Gasteiger charge is 2.26. The number of hydrogen-bond donors (Lipinski definition) is 0. The SMILES string of the molecule is COc1cc(CN2CCCC(C(=O)c3ccc(SC)cc3)C2)ccc1F. The largest absolute Gasteiger partial charge is 0.494 e. The summed E-state index contributed by atoms with van der Waals surface area (Å²) in [5, 5.41) is 0. The zero-order chi connectivity index (χ0) is 18.5. The van der Waals surface area contributed by atoms with Gasteiger partial charge in [-0.1, -0.05) is 18.2 Å². The number of carbonyl (C=O) groups excluding carboxylic acids is 1. The number of halogens is 1. The summed E-state index contributed by atoms with van der Waals surface area (Å²) >= 11 is 1.67. The van der Waals surface area contributed by atoms with E-state index >= 15 is 0 Å². The van der Waals surface area contributed by atoms with E-state index in [2.05, 4.69) is 4.90 Å². The molecule has 1 heterocycles. The molecule has 1 fully saturated rings. The fourth-order valence-corrected chi connectivity index (χ4v) is 3.87. The molecule has 5 heteroatoms. The molecule has 0 amide bonds. The van der Waals surface area contributed by atoms with Crippen molar-refractivity contribution in [3.8, 4) is 5.75 Å². The molecule has 1 saturated heterocycles. The standard InChI is InChI=1S/C21H24FNO2S/c1-25-20-12-15(5-10-19(20)22)13-23-11-3-4-17(14-23)21(24)16-6-8-18(26-2)9-7-16/h5-10,12,17H,3-4,11,13-14H2,1-2H3. The molecular formula is C21H24FNO2S. The molecule has 0 aromatic heterocycles. The molecule has 0 aliphatic carbocycles. The maximum Gasteiger partial charge on any atom is 0.167 e. The van der Waals surface area contributed by atoms with E-state index < -0.39 is 0 Å². The Balaban J connectivity index is 1.65. The predicted octanol–water partition coefficient (Wildman–Crippen LogP) is 4.65. The summed E-state index contributed by atoms with van der Waals surface area (Å²) in [6, 6.07) is 12.8. The van der Waals surface area contributed by atoms with Crippen LogP contribution >= 0.6 is 11.8 Å². The van der Waals surface area contributed by atoms with Crippen molar-refractivity contribution in [3.63, 3.8) is 0 Å². The molecule has 1 unspecified atom stereocenters. The van der Waals surface area contributed by atoms with Gasteiger partial charge in [-0.2, -0.15) is 0 Å². The van der Waals surface area contributed by atoms with Gasteiger partial charge in [-0.25, -0.2) is 4.39 Å². The summed E-state index contributed by atoms with van der Waals surface area (Å²) < 4.78 is 18.6. The smallest absolute Gasteiger partial charge is 0.167 e. The van der Waals surface area contributed by atoms with Gasteiger partial charge in [-0.05, 0) is 55.5 Å². The number of hydrogen-bond acceptors (Lipinski definition) is 4. The van der Waals surface area contributed by atoms with Gasteiger partial charge in [-0.15, -0.1) is 11.8 Å². The van der Waals surface area contributed by atoms with Gasteiger partial charge >= 0.3 is 0 Å². The van der Waals surface area contributed by atoms with Crippen molar-refractivity contribution in [3.05, 3.63) is 59.4 Å². The number of Topliss-reactive ketones (excluding diaryl/α,β-unsaturated/α-hetero) is 1. The second-order valence-electron chi connectivity index (χ2n) is 6.64. The van der Waals surface area contributed by atoms with Crippen molar-refractivity contribution in [2.75, 3.05) is 26.5 Å². The third-order valence-electron chi connectivity index (χ3n) is 4.87. The van der Waals surface area contributed by atoms with E-state index in [-0.39, 0.29) is 23.3 Å². The molecule has 1 aliphatic heterocycles. The number of carbonyl (C=O) groups is 1. The lowest BCUT2D eigenvalue weighted by atomic mass is 9.90. The van der Waals surface area contributed by atoms with E-state index in [1.54, 1.807) is 23.9 Å². The molecule has 2 aromatic rings. The Labute approximate surface area is 158 Å². The van der Waals surface area contributed by atoms with Crippen LogP contribution in [0.5, 0.6) is 5.75 Å². The first kappa shape index (κ1) is 18.9. The summed E-state index contributed by atoms with van der Waals surface area (Å²) in [5.41, 5.74) is 1.79. The minimum atomic E-state index is -0.350. The Morgan fingerprint density at radius 3 is 2.73 bits per heavy atom. The lowest BCUT2D eigenvalue weighted by molar-refractivity contribution is 0.0811. The second-order valence-corrected chi connectivity index (χ2v) is 7.52. The van der Waals surface area contributed by atoms with Crippen LogP contribution < -0.4 is 4.74 Å². The number of methoxy groups -OCH3 is 1. The van der Waals surface area contributed by atoms with Gasteiger partial charge < -0.3 is 4.74 Å². The van der Waals surface area contributed by atoms with Crippen molar-refractivity contribution in [1.29, 1.82) is 0 Å². The van der Waals surface area contributed by atoms with Gasteiger partial charge in [-0.3, -0.25) is 9.69 Å². The number of thioether (sulfide) groups is 1. The lowest BCUT2D eigenvalue weighted by Crippen LogP contribution is -2.38. The van der Waals surface area contributed by atoms with Crippen LogP contribution in [0.3, 0.4) is 0 Å². The van der Waals surface area contributed by atoms with Gasteiger partial charge in [0.2, 0.25) is 0 Å². The van der Waals surface area contributed by atoms with Crippen LogP contribution in [0.4, 0.5) is 4.39 Å². The van der Waals surface area contributed by atoms with E-state index in [9.17, 15) is 9.18 Å². The molecule has 0 N–H and O–H groups in total. The summed E-state index contributed by atoms with van der Waals surface area (Å²) in [5.74, 6) is 0.155. The molecule has 0 spiro atoms. The molecule has 1 atom stereocenters. The molecule has 0 saturated carbocycles. The normalized spacial score (nSPS) is 17.9. The fourth-order valence-electron chi connectivity index (χ4n) is 3.46. The van der Waals surface area contributed by atoms with Crippen LogP contribution in [0.15, 0.2) is 47.4 Å². The van der Waals surface area contributed by atoms with Crippen LogP contribution in [0.1, 0.15) is 28.8 Å². The van der Waals surface area contributed by atoms with E-state index in [4.69, 9.17) is 4.74 Å². The summed E-state index contributed by atoms with van der Waals surface area (Å²) in [6.45, 7) is 2.39. The molecule has 2 aromatic carbocycles. The number of benzene rings is 2. The van der Waals surface area contributed by atoms with Crippen LogP contribution in [0, 0.1) is 11.7 Å². The zero-order valence-corrected chi connectivity index (χ0v) is 16.0. The van der Waals surface area contributed by atoms with Gasteiger partial charge in [0.05, 0.1) is 7.11 Å². The van der Waals surface area contributed by atoms with Gasteiger partial charge in [0, 0.05) is 29.5 Å². The number of rotatable bonds is 6. The van der Waals surface area contributed by atoms with E-state index in [0.29, 0.717) is 6.54 Å². The van der Waals surface area contributed by atoms with E-state index in [1.165, 1.54) is 13.2 Å². The van der Waals surface area contributed by atoms with Gasteiger partial charge in [0.1, 0.15) is 0 Å². The monoisotopic (exact) mass is 373 g/mol. The fraction of sp³-hybridized carbons (Fsp3) is 0.381. The Morgan fingerprint density at radius 2 is 2.04 bits per heavy atom. The van der Waals surface area contributed by atoms with Crippen molar-refractivity contribution >= 4 is 17.5 Å². The Morgan fingerprint density at radius 1 is 1.27 bits per heavy atom. The highest BCUT2D eigenvalue weighted by molar-refractivity contribution is 7.98. The average Bonchev–Trinajstić information content (AvgIpc) is 2.69. The summed E-state index contributed by atoms with van der Waals surface area (Å²) in [6.07, 6.45) is 3.95. The first-order valence-corrected chi connectivity index (χ1v) is 10.1. The number of likely N-dealkylation sites (tertiary alicyclic amines) is 1. The summed E-state index contributed by atoms with van der Waals surface area (Å²) in [7, 11) is 1.47. The maximum atomic E-state index is 13.6. The number of ketones is 1. The van der Waals surface area contributed by atoms with Crippen molar-refractivity contribution in [1.82, 2.24) is 4.90 Å². The lowest BCUT2D eigenvalue weighted by Gasteiger charge is -2.32. The maximum absolute atomic E-state index is 13.6. The molecule has 3 nitrogen and oxygen atoms in total. The van der Waals surface area contributed by atoms with Gasteiger partial charge in [0.15, 0.2) is 17.3 Å². The van der Waals surface area contributed by atoms with Crippen molar-refractivity contribution < 1.29 is 13.9 Å². The topological polar surface area (TPSA) is 29.5 Å². The number of piperidine rings is 1. The van der Waals surface area contributed by atoms with E-state index in [1.807, 2.05) is 30.5 Å². The molecule has 26 heavy (non-hydrogen) atoms. The van der Waals surface area contributed by atoms with Crippen LogP contribution in [-0.2, 0) is 6.54 Å². The van der Waals surface area contributed by atoms with Crippen molar-refractivity contribution in [2.24, 2.45) is 5.92 Å². The Kier molecular flexibility index (Phi) is 6.33. The summed E-state index contributed by atoms with van der Waals surface area (Å²) in [4.78, 5) is 16.3. The molecule has 0 radical (unpaired) electrons. The average molecular weight is 373 g/mol. The Bertz CT molecular complexity index is 763. The number of nitrogens with zero attached hydrogens (tertiary/aromatic N) is 1. The first-order chi connectivity index (χ1) is 12.6. The molecule has 0 bridgehead atoms. The molecule has 3 rings (SSSR count). The minimum absolute atomic E-state index is 0.0197. The minimum Gasteiger partial charge on any atom is -0.494 e. The third kappa shape index (κ3) is 4.46. The van der Waals surface area contributed by atoms with Crippen molar-refractivity contribution in [2.45, 2.75) is 24.3 Å². The molecule has 1 aliphatic rings. The highest BCUT2D eigenvalue weighted by atomic mass is 32.2. The van der Waals surface area contributed by atoms with Crippen LogP contribution in [0.25, 0.3) is 0 Å². The second kappa shape index (κ2) is 8.69. The quantitative estimate of drug-likeness (QED) is 0.544. The molecular weight excluding hydrogens is 349 g/mol. The third-order valence-corrected chi connectivity index (χ3v) is 5.62. The first-order valence-electron chi connectivity index (χ1n) is 8.83. The number of ether oxygens (including phenoxy) is 1. The predicted molar refractivity (Wildman–Crippen MR) is 104 cm³/mol. The van der Waals surface area contributed by atoms with Crippen LogP contribution in [0.2, 0.25) is 0 Å². The van der Waals surface area contributed by atoms with Gasteiger partial charge in [0.25, 0.3) is 0 Å². The highest BCUT2D eigenvalue weighted by Crippen LogP contribution is 2.25.